The molecular weight excluding hydrogens is 222 g/mol. The number of hydrogen-bond donors (Lipinski definition) is 1. The fraction of sp³-hybridized carbons (Fsp3) is 0.571. The molecule has 0 aromatic carbocycles. The number of nitrogens with zero attached hydrogens (tertiary/aromatic N) is 3. The van der Waals surface area contributed by atoms with Gasteiger partial charge in [0, 0.05) is 7.05 Å². The number of aromatic nitrogens is 3. The number of aliphatic carboxylic acids is 1. The Morgan fingerprint density at radius 2 is 2.27 bits per heavy atom. The molecule has 0 atom stereocenters. The summed E-state index contributed by atoms with van der Waals surface area (Å²) < 4.78 is 24.2. The highest BCUT2D eigenvalue weighted by molar-refractivity contribution is 7.90. The summed E-state index contributed by atoms with van der Waals surface area (Å²) in [5, 5.41) is 12.1. The molecule has 1 aromatic rings. The predicted molar refractivity (Wildman–Crippen MR) is 50.7 cm³/mol. The SMILES string of the molecule is Cn1ncnc1CS(=O)(=O)CCC(=O)O. The lowest BCUT2D eigenvalue weighted by Crippen LogP contribution is -2.15. The van der Waals surface area contributed by atoms with E-state index in [4.69, 9.17) is 5.11 Å². The molecule has 84 valence electrons. The van der Waals surface area contributed by atoms with Crippen molar-refractivity contribution >= 4 is 15.8 Å². The van der Waals surface area contributed by atoms with Crippen molar-refractivity contribution in [2.45, 2.75) is 12.2 Å². The summed E-state index contributed by atoms with van der Waals surface area (Å²) in [7, 11) is -1.85. The molecule has 0 radical (unpaired) electrons. The summed E-state index contributed by atoms with van der Waals surface area (Å²) in [6.07, 6.45) is 0.863. The van der Waals surface area contributed by atoms with Crippen molar-refractivity contribution in [2.75, 3.05) is 5.75 Å². The number of carbonyl (C=O) groups is 1. The molecule has 0 saturated carbocycles. The van der Waals surface area contributed by atoms with Gasteiger partial charge in [-0.3, -0.25) is 9.48 Å². The lowest BCUT2D eigenvalue weighted by atomic mass is 10.5. The van der Waals surface area contributed by atoms with Gasteiger partial charge in [0.15, 0.2) is 9.84 Å². The second-order valence-electron chi connectivity index (χ2n) is 3.04. The van der Waals surface area contributed by atoms with Gasteiger partial charge < -0.3 is 5.11 Å². The van der Waals surface area contributed by atoms with Crippen LogP contribution in [0.25, 0.3) is 0 Å². The zero-order valence-electron chi connectivity index (χ0n) is 8.12. The van der Waals surface area contributed by atoms with E-state index in [0.717, 1.165) is 0 Å². The molecule has 0 unspecified atom stereocenters. The standard InChI is InChI=1S/C7H11N3O4S/c1-10-6(8-5-9-10)4-15(13,14)3-2-7(11)12/h5H,2-4H2,1H3,(H,11,12). The van der Waals surface area contributed by atoms with E-state index < -0.39 is 15.8 Å². The predicted octanol–water partition coefficient (Wildman–Crippen LogP) is -0.795. The maximum Gasteiger partial charge on any atom is 0.304 e. The third-order valence-corrected chi connectivity index (χ3v) is 3.31. The number of hydrogen-bond acceptors (Lipinski definition) is 5. The number of carboxylic acids is 1. The molecule has 0 spiro atoms. The minimum Gasteiger partial charge on any atom is -0.481 e. The Bertz CT molecular complexity index is 451. The summed E-state index contributed by atoms with van der Waals surface area (Å²) in [4.78, 5) is 14.0. The van der Waals surface area contributed by atoms with Crippen molar-refractivity contribution in [3.05, 3.63) is 12.2 Å². The molecule has 0 aliphatic rings. The van der Waals surface area contributed by atoms with Gasteiger partial charge in [-0.1, -0.05) is 0 Å². The zero-order chi connectivity index (χ0) is 11.5. The zero-order valence-corrected chi connectivity index (χ0v) is 8.94. The first-order valence-corrected chi connectivity index (χ1v) is 5.98. The molecule has 7 nitrogen and oxygen atoms in total. The Kier molecular flexibility index (Phi) is 3.40. The average molecular weight is 233 g/mol. The summed E-state index contributed by atoms with van der Waals surface area (Å²) in [5.74, 6) is -1.48. The van der Waals surface area contributed by atoms with E-state index in [1.165, 1.54) is 11.0 Å². The molecule has 0 saturated heterocycles. The van der Waals surface area contributed by atoms with E-state index in [1.54, 1.807) is 7.05 Å². The molecule has 1 heterocycles. The van der Waals surface area contributed by atoms with Crippen molar-refractivity contribution < 1.29 is 18.3 Å². The Balaban J connectivity index is 2.65. The van der Waals surface area contributed by atoms with E-state index in [1.807, 2.05) is 0 Å². The molecule has 15 heavy (non-hydrogen) atoms. The molecule has 0 aliphatic carbocycles. The van der Waals surface area contributed by atoms with Crippen LogP contribution in [-0.2, 0) is 27.4 Å². The van der Waals surface area contributed by atoms with Gasteiger partial charge in [0.2, 0.25) is 0 Å². The fourth-order valence-corrected chi connectivity index (χ4v) is 2.25. The normalized spacial score (nSPS) is 11.5. The fourth-order valence-electron chi connectivity index (χ4n) is 0.962. The van der Waals surface area contributed by atoms with Crippen molar-refractivity contribution in [3.63, 3.8) is 0 Å². The highest BCUT2D eigenvalue weighted by Gasteiger charge is 2.16. The maximum absolute atomic E-state index is 11.4. The van der Waals surface area contributed by atoms with Gasteiger partial charge in [0.1, 0.15) is 17.9 Å². The summed E-state index contributed by atoms with van der Waals surface area (Å²) in [5.41, 5.74) is 0. The first-order chi connectivity index (χ1) is 6.91. The number of aryl methyl sites for hydroxylation is 1. The van der Waals surface area contributed by atoms with E-state index in [9.17, 15) is 13.2 Å². The van der Waals surface area contributed by atoms with Crippen molar-refractivity contribution in [1.29, 1.82) is 0 Å². The second kappa shape index (κ2) is 4.39. The average Bonchev–Trinajstić information content (AvgIpc) is 2.48. The Hall–Kier alpha value is -1.44. The molecule has 1 aromatic heterocycles. The van der Waals surface area contributed by atoms with Crippen molar-refractivity contribution in [2.24, 2.45) is 7.05 Å². The van der Waals surface area contributed by atoms with Crippen LogP contribution in [0.4, 0.5) is 0 Å². The lowest BCUT2D eigenvalue weighted by molar-refractivity contribution is -0.136. The van der Waals surface area contributed by atoms with Crippen LogP contribution in [-0.4, -0.2) is 40.0 Å². The highest BCUT2D eigenvalue weighted by atomic mass is 32.2. The van der Waals surface area contributed by atoms with E-state index in [-0.39, 0.29) is 17.9 Å². The molecular formula is C7H11N3O4S. The minimum atomic E-state index is -3.43. The molecule has 8 heteroatoms. The molecule has 0 amide bonds. The minimum absolute atomic E-state index is 0.281. The summed E-state index contributed by atoms with van der Waals surface area (Å²) in [6, 6.07) is 0. The topological polar surface area (TPSA) is 102 Å². The second-order valence-corrected chi connectivity index (χ2v) is 5.22. The van der Waals surface area contributed by atoms with Crippen LogP contribution in [0.2, 0.25) is 0 Å². The van der Waals surface area contributed by atoms with Crippen molar-refractivity contribution in [1.82, 2.24) is 14.8 Å². The quantitative estimate of drug-likeness (QED) is 0.714. The highest BCUT2D eigenvalue weighted by Crippen LogP contribution is 2.03. The first kappa shape index (κ1) is 11.6. The third kappa shape index (κ3) is 3.66. The van der Waals surface area contributed by atoms with Crippen LogP contribution in [0.3, 0.4) is 0 Å². The Labute approximate surface area is 86.7 Å². The maximum atomic E-state index is 11.4. The number of rotatable bonds is 5. The van der Waals surface area contributed by atoms with Gasteiger partial charge >= 0.3 is 5.97 Å². The summed E-state index contributed by atoms with van der Waals surface area (Å²) in [6.45, 7) is 0. The van der Waals surface area contributed by atoms with Gasteiger partial charge in [-0.2, -0.15) is 5.10 Å². The van der Waals surface area contributed by atoms with Gasteiger partial charge in [-0.25, -0.2) is 13.4 Å². The summed E-state index contributed by atoms with van der Waals surface area (Å²) >= 11 is 0. The molecule has 1 N–H and O–H groups in total. The molecule has 0 aliphatic heterocycles. The van der Waals surface area contributed by atoms with E-state index >= 15 is 0 Å². The monoisotopic (exact) mass is 233 g/mol. The van der Waals surface area contributed by atoms with E-state index in [0.29, 0.717) is 5.82 Å². The number of carboxylic acid groups (broad SMARTS) is 1. The molecule has 0 bridgehead atoms. The van der Waals surface area contributed by atoms with Gasteiger partial charge in [-0.15, -0.1) is 0 Å². The molecule has 0 fully saturated rings. The van der Waals surface area contributed by atoms with Crippen LogP contribution in [0.5, 0.6) is 0 Å². The van der Waals surface area contributed by atoms with E-state index in [2.05, 4.69) is 10.1 Å². The molecule has 1 rings (SSSR count). The first-order valence-electron chi connectivity index (χ1n) is 4.16. The smallest absolute Gasteiger partial charge is 0.304 e. The van der Waals surface area contributed by atoms with Crippen LogP contribution in [0, 0.1) is 0 Å². The lowest BCUT2D eigenvalue weighted by Gasteiger charge is -2.01. The third-order valence-electron chi connectivity index (χ3n) is 1.78. The van der Waals surface area contributed by atoms with Crippen molar-refractivity contribution in [3.8, 4) is 0 Å². The largest absolute Gasteiger partial charge is 0.481 e. The number of sulfone groups is 1. The van der Waals surface area contributed by atoms with Gasteiger partial charge in [-0.05, 0) is 0 Å². The van der Waals surface area contributed by atoms with Crippen LogP contribution in [0.15, 0.2) is 6.33 Å². The van der Waals surface area contributed by atoms with Crippen LogP contribution < -0.4 is 0 Å². The van der Waals surface area contributed by atoms with Gasteiger partial charge in [0.05, 0.1) is 12.2 Å². The Morgan fingerprint density at radius 1 is 1.60 bits per heavy atom. The van der Waals surface area contributed by atoms with Gasteiger partial charge in [0.25, 0.3) is 0 Å². The Morgan fingerprint density at radius 3 is 2.73 bits per heavy atom. The van der Waals surface area contributed by atoms with Crippen LogP contribution in [0.1, 0.15) is 12.2 Å². The van der Waals surface area contributed by atoms with Crippen LogP contribution >= 0.6 is 0 Å².